The second kappa shape index (κ2) is 17.4. The van der Waals surface area contributed by atoms with Crippen LogP contribution in [0.5, 0.6) is 0 Å². The maximum absolute atomic E-state index is 14.2. The van der Waals surface area contributed by atoms with Gasteiger partial charge in [0.1, 0.15) is 30.2 Å². The van der Waals surface area contributed by atoms with Crippen molar-refractivity contribution in [2.75, 3.05) is 18.9 Å². The first-order chi connectivity index (χ1) is 22.7. The minimum Gasteiger partial charge on any atom is -0.343 e. The van der Waals surface area contributed by atoms with E-state index in [9.17, 15) is 28.8 Å². The Labute approximate surface area is 285 Å². The summed E-state index contributed by atoms with van der Waals surface area (Å²) in [6.45, 7) is 13.6. The van der Waals surface area contributed by atoms with Gasteiger partial charge in [0.25, 0.3) is 5.91 Å². The summed E-state index contributed by atoms with van der Waals surface area (Å²) < 4.78 is 0. The van der Waals surface area contributed by atoms with E-state index in [4.69, 9.17) is 0 Å². The van der Waals surface area contributed by atoms with Gasteiger partial charge >= 0.3 is 0 Å². The first kappa shape index (κ1) is 38.5. The Morgan fingerprint density at radius 1 is 0.771 bits per heavy atom. The van der Waals surface area contributed by atoms with E-state index in [-0.39, 0.29) is 41.3 Å². The third-order valence-corrected chi connectivity index (χ3v) is 9.45. The van der Waals surface area contributed by atoms with Gasteiger partial charge in [-0.3, -0.25) is 28.8 Å². The quantitative estimate of drug-likeness (QED) is 0.349. The van der Waals surface area contributed by atoms with Gasteiger partial charge in [0.15, 0.2) is 0 Å². The van der Waals surface area contributed by atoms with Gasteiger partial charge in [-0.15, -0.1) is 0 Å². The number of likely N-dealkylation sites (N-methyl/N-ethyl adjacent to an activating group) is 1. The van der Waals surface area contributed by atoms with E-state index in [1.165, 1.54) is 4.90 Å². The predicted octanol–water partition coefficient (Wildman–Crippen LogP) is 3.46. The molecule has 0 radical (unpaired) electrons. The second-order valence-corrected chi connectivity index (χ2v) is 14.2. The maximum atomic E-state index is 14.2. The number of nitrogens with zero attached hydrogens (tertiary/aromatic N) is 2. The molecular weight excluding hydrogens is 612 g/mol. The summed E-state index contributed by atoms with van der Waals surface area (Å²) in [5.74, 6) is -2.97. The fourth-order valence-corrected chi connectivity index (χ4v) is 6.40. The van der Waals surface area contributed by atoms with Gasteiger partial charge in [-0.25, -0.2) is 0 Å². The predicted molar refractivity (Wildman–Crippen MR) is 185 cm³/mol. The normalized spacial score (nSPS) is 26.0. The largest absolute Gasteiger partial charge is 0.343 e. The van der Waals surface area contributed by atoms with Crippen molar-refractivity contribution in [3.63, 3.8) is 0 Å². The molecule has 0 aromatic heterocycles. The average Bonchev–Trinajstić information content (AvgIpc) is 3.06. The summed E-state index contributed by atoms with van der Waals surface area (Å²) in [4.78, 5) is 86.4. The molecule has 1 saturated heterocycles. The lowest BCUT2D eigenvalue weighted by molar-refractivity contribution is -0.144. The molecule has 6 amide bonds. The van der Waals surface area contributed by atoms with E-state index in [1.807, 2.05) is 41.5 Å². The number of hydrogen-bond acceptors (Lipinski definition) is 6. The molecule has 0 unspecified atom stereocenters. The summed E-state index contributed by atoms with van der Waals surface area (Å²) in [6, 6.07) is 2.07. The van der Waals surface area contributed by atoms with Crippen LogP contribution in [0.2, 0.25) is 0 Å². The van der Waals surface area contributed by atoms with Crippen LogP contribution in [-0.2, 0) is 24.0 Å². The highest BCUT2D eigenvalue weighted by Crippen LogP contribution is 2.26. The van der Waals surface area contributed by atoms with Crippen LogP contribution in [-0.4, -0.2) is 89.0 Å². The first-order valence-corrected chi connectivity index (χ1v) is 17.6. The number of carbonyl (C=O) groups excluding carboxylic acids is 6. The Balaban J connectivity index is 2.15. The molecule has 2 aliphatic rings. The molecule has 2 aliphatic heterocycles. The topological polar surface area (TPSA) is 157 Å². The van der Waals surface area contributed by atoms with Crippen LogP contribution >= 0.6 is 0 Å². The molecule has 48 heavy (non-hydrogen) atoms. The van der Waals surface area contributed by atoms with Gasteiger partial charge in [-0.2, -0.15) is 0 Å². The molecule has 0 aliphatic carbocycles. The zero-order valence-electron chi connectivity index (χ0n) is 29.9. The molecule has 1 aromatic rings. The minimum atomic E-state index is -0.967. The Kier molecular flexibility index (Phi) is 14.0. The number of para-hydroxylation sites is 1. The van der Waals surface area contributed by atoms with Crippen LogP contribution in [0.3, 0.4) is 0 Å². The van der Waals surface area contributed by atoms with Crippen LogP contribution in [0.15, 0.2) is 24.3 Å². The zero-order chi connectivity index (χ0) is 35.7. The molecule has 0 saturated carbocycles. The fourth-order valence-electron chi connectivity index (χ4n) is 6.40. The van der Waals surface area contributed by atoms with Gasteiger partial charge in [0.05, 0.1) is 11.3 Å². The Morgan fingerprint density at radius 3 is 2.02 bits per heavy atom. The fraction of sp³-hybridized carbons (Fsp3) is 0.667. The molecule has 6 atom stereocenters. The molecule has 2 heterocycles. The summed E-state index contributed by atoms with van der Waals surface area (Å²) in [5.41, 5.74) is 0.500. The standard InChI is InChI=1S/C36H56N6O6/c1-9-23(7)30-34(46)38-26-16-12-11-15-24(26)35(47)42-18-14-13-17-28(42)36(48)41(8)29(20-22(5)6)33(45)37-25(10-2)31(43)39-27(19-21(3)4)32(44)40-30/h11-12,15-16,21-23,25,27-30H,9-10,13-14,17-20H2,1-8H3,(H,37,45)(H,38,46)(H,39,43)(H,40,44)/t23-,25-,27+,28+,29+,30-/m1/s1. The first-order valence-electron chi connectivity index (χ1n) is 17.6. The summed E-state index contributed by atoms with van der Waals surface area (Å²) >= 11 is 0. The van der Waals surface area contributed by atoms with E-state index in [2.05, 4.69) is 21.3 Å². The second-order valence-electron chi connectivity index (χ2n) is 14.2. The highest BCUT2D eigenvalue weighted by atomic mass is 16.2. The maximum Gasteiger partial charge on any atom is 0.256 e. The third kappa shape index (κ3) is 9.56. The van der Waals surface area contributed by atoms with Crippen molar-refractivity contribution in [3.8, 4) is 0 Å². The van der Waals surface area contributed by atoms with Crippen LogP contribution < -0.4 is 21.3 Å². The highest BCUT2D eigenvalue weighted by molar-refractivity contribution is 6.07. The smallest absolute Gasteiger partial charge is 0.256 e. The van der Waals surface area contributed by atoms with Crippen molar-refractivity contribution in [1.82, 2.24) is 25.8 Å². The highest BCUT2D eigenvalue weighted by Gasteiger charge is 2.40. The molecule has 266 valence electrons. The van der Waals surface area contributed by atoms with E-state index in [0.29, 0.717) is 38.6 Å². The number of rotatable bonds is 7. The molecule has 3 rings (SSSR count). The molecule has 0 spiro atoms. The van der Waals surface area contributed by atoms with Crippen molar-refractivity contribution in [2.45, 2.75) is 124 Å². The Morgan fingerprint density at radius 2 is 1.40 bits per heavy atom. The lowest BCUT2D eigenvalue weighted by Crippen LogP contribution is -2.60. The molecular formula is C36H56N6O6. The monoisotopic (exact) mass is 668 g/mol. The summed E-state index contributed by atoms with van der Waals surface area (Å²) in [6.07, 6.45) is 3.35. The average molecular weight is 669 g/mol. The number of nitrogens with one attached hydrogen (secondary N) is 4. The number of piperidine rings is 1. The number of amides is 6. The molecule has 12 nitrogen and oxygen atoms in total. The third-order valence-electron chi connectivity index (χ3n) is 9.45. The van der Waals surface area contributed by atoms with Crippen LogP contribution in [0.4, 0.5) is 5.69 Å². The van der Waals surface area contributed by atoms with E-state index < -0.39 is 59.7 Å². The molecule has 12 heteroatoms. The Hall–Kier alpha value is -3.96. The van der Waals surface area contributed by atoms with Gasteiger partial charge < -0.3 is 31.1 Å². The number of carbonyl (C=O) groups is 6. The molecule has 1 fully saturated rings. The van der Waals surface area contributed by atoms with Crippen molar-refractivity contribution in [2.24, 2.45) is 17.8 Å². The van der Waals surface area contributed by atoms with E-state index in [1.54, 1.807) is 43.1 Å². The van der Waals surface area contributed by atoms with Gasteiger partial charge in [-0.05, 0) is 68.4 Å². The van der Waals surface area contributed by atoms with Gasteiger partial charge in [0, 0.05) is 13.6 Å². The number of fused-ring (bicyclic) bond motifs is 2. The van der Waals surface area contributed by atoms with Gasteiger partial charge in [-0.1, -0.05) is 67.0 Å². The number of benzene rings is 1. The van der Waals surface area contributed by atoms with Crippen molar-refractivity contribution < 1.29 is 28.8 Å². The number of anilines is 1. The minimum absolute atomic E-state index is 0.0275. The van der Waals surface area contributed by atoms with Crippen LogP contribution in [0.1, 0.15) is 104 Å². The SMILES string of the molecule is CC[C@@H](C)[C@H]1NC(=O)[C@H](CC(C)C)NC(=O)[C@@H](CC)NC(=O)[C@H](CC(C)C)N(C)C(=O)[C@@H]2CCCCN2C(=O)c2ccccc2NC1=O. The van der Waals surface area contributed by atoms with Crippen molar-refractivity contribution in [1.29, 1.82) is 0 Å². The van der Waals surface area contributed by atoms with Gasteiger partial charge in [0.2, 0.25) is 29.5 Å². The molecule has 0 bridgehead atoms. The van der Waals surface area contributed by atoms with E-state index >= 15 is 0 Å². The van der Waals surface area contributed by atoms with Crippen molar-refractivity contribution >= 4 is 41.1 Å². The zero-order valence-corrected chi connectivity index (χ0v) is 29.9. The summed E-state index contributed by atoms with van der Waals surface area (Å²) in [5, 5.41) is 11.4. The lowest BCUT2D eigenvalue weighted by Gasteiger charge is -2.39. The van der Waals surface area contributed by atoms with Crippen LogP contribution in [0, 0.1) is 17.8 Å². The summed E-state index contributed by atoms with van der Waals surface area (Å²) in [7, 11) is 1.57. The van der Waals surface area contributed by atoms with Crippen LogP contribution in [0.25, 0.3) is 0 Å². The van der Waals surface area contributed by atoms with E-state index in [0.717, 1.165) is 6.42 Å². The Bertz CT molecular complexity index is 1330. The molecule has 4 N–H and O–H groups in total. The van der Waals surface area contributed by atoms with Crippen molar-refractivity contribution in [3.05, 3.63) is 29.8 Å². The molecule has 1 aromatic carbocycles. The number of hydrogen-bond donors (Lipinski definition) is 4. The lowest BCUT2D eigenvalue weighted by atomic mass is 9.96.